The molecule has 0 radical (unpaired) electrons. The molecule has 1 aromatic heterocycles. The summed E-state index contributed by atoms with van der Waals surface area (Å²) in [7, 11) is 0. The standard InChI is InChI=1S/C18H22ClN5O2/c1-17(2)11-6-7-18(17,3)15(8-11)21-22-16(25)10-26-24-14-9-12(19)4-5-13(14)20-23-24/h4-5,9,11H,6-8,10H2,1-3H3,(H,22,25). The van der Waals surface area contributed by atoms with Crippen molar-refractivity contribution in [2.24, 2.45) is 21.8 Å². The van der Waals surface area contributed by atoms with Gasteiger partial charge >= 0.3 is 0 Å². The van der Waals surface area contributed by atoms with Gasteiger partial charge in [0, 0.05) is 16.1 Å². The number of rotatable bonds is 4. The van der Waals surface area contributed by atoms with Gasteiger partial charge in [0.15, 0.2) is 6.61 Å². The summed E-state index contributed by atoms with van der Waals surface area (Å²) in [6, 6.07) is 5.16. The van der Waals surface area contributed by atoms with Crippen LogP contribution in [0.4, 0.5) is 0 Å². The fourth-order valence-electron chi connectivity index (χ4n) is 4.35. The van der Waals surface area contributed by atoms with E-state index >= 15 is 0 Å². The first-order valence-electron chi connectivity index (χ1n) is 8.81. The van der Waals surface area contributed by atoms with Gasteiger partial charge in [-0.1, -0.05) is 37.2 Å². The van der Waals surface area contributed by atoms with Gasteiger partial charge in [0.1, 0.15) is 11.0 Å². The van der Waals surface area contributed by atoms with Gasteiger partial charge in [0.2, 0.25) is 0 Å². The van der Waals surface area contributed by atoms with Crippen LogP contribution in [0, 0.1) is 16.7 Å². The average molecular weight is 376 g/mol. The third kappa shape index (κ3) is 2.57. The van der Waals surface area contributed by atoms with Gasteiger partial charge in [-0.2, -0.15) is 5.10 Å². The van der Waals surface area contributed by atoms with Gasteiger partial charge in [0.05, 0.1) is 0 Å². The van der Waals surface area contributed by atoms with Crippen molar-refractivity contribution in [2.75, 3.05) is 6.61 Å². The molecule has 2 unspecified atom stereocenters. The first-order valence-corrected chi connectivity index (χ1v) is 9.19. The highest BCUT2D eigenvalue weighted by atomic mass is 35.5. The van der Waals surface area contributed by atoms with Crippen LogP contribution in [-0.2, 0) is 4.79 Å². The second-order valence-corrected chi connectivity index (χ2v) is 8.39. The molecule has 1 aromatic carbocycles. The van der Waals surface area contributed by atoms with Gasteiger partial charge < -0.3 is 4.84 Å². The smallest absolute Gasteiger partial charge is 0.280 e. The number of amides is 1. The van der Waals surface area contributed by atoms with Crippen molar-refractivity contribution in [3.63, 3.8) is 0 Å². The molecule has 7 nitrogen and oxygen atoms in total. The van der Waals surface area contributed by atoms with E-state index in [2.05, 4.69) is 41.6 Å². The molecule has 1 amide bonds. The Hall–Kier alpha value is -2.15. The van der Waals surface area contributed by atoms with Crippen molar-refractivity contribution in [2.45, 2.75) is 40.0 Å². The molecule has 0 saturated heterocycles. The topological polar surface area (TPSA) is 81.4 Å². The van der Waals surface area contributed by atoms with E-state index in [1.807, 2.05) is 0 Å². The van der Waals surface area contributed by atoms with Crippen LogP contribution in [0.1, 0.15) is 40.0 Å². The van der Waals surface area contributed by atoms with Gasteiger partial charge in [-0.25, -0.2) is 5.43 Å². The van der Waals surface area contributed by atoms with Crippen molar-refractivity contribution in [1.29, 1.82) is 0 Å². The maximum Gasteiger partial charge on any atom is 0.280 e. The van der Waals surface area contributed by atoms with E-state index in [0.717, 1.165) is 18.6 Å². The number of hydrazone groups is 1. The Balaban J connectivity index is 1.40. The van der Waals surface area contributed by atoms with E-state index in [4.69, 9.17) is 16.4 Å². The second kappa shape index (κ2) is 5.94. The van der Waals surface area contributed by atoms with Crippen LogP contribution in [-0.4, -0.2) is 33.4 Å². The highest BCUT2D eigenvalue weighted by molar-refractivity contribution is 6.31. The maximum atomic E-state index is 12.1. The maximum absolute atomic E-state index is 12.1. The number of carbonyl (C=O) groups excluding carboxylic acids is 1. The first-order chi connectivity index (χ1) is 12.3. The van der Waals surface area contributed by atoms with Crippen LogP contribution < -0.4 is 10.3 Å². The lowest BCUT2D eigenvalue weighted by atomic mass is 9.70. The minimum absolute atomic E-state index is 0.0602. The molecule has 2 aromatic rings. The van der Waals surface area contributed by atoms with Gasteiger partial charge in [-0.15, -0.1) is 5.10 Å². The molecule has 0 spiro atoms. The number of halogens is 1. The zero-order valence-electron chi connectivity index (χ0n) is 15.1. The number of hydrogen-bond acceptors (Lipinski definition) is 5. The van der Waals surface area contributed by atoms with E-state index in [0.29, 0.717) is 22.0 Å². The number of nitrogens with zero attached hydrogens (tertiary/aromatic N) is 4. The van der Waals surface area contributed by atoms with Crippen molar-refractivity contribution in [1.82, 2.24) is 20.6 Å². The highest BCUT2D eigenvalue weighted by Gasteiger charge is 2.60. The molecule has 8 heteroatoms. The number of fused-ring (bicyclic) bond motifs is 3. The van der Waals surface area contributed by atoms with Crippen LogP contribution in [0.5, 0.6) is 0 Å². The molecule has 138 valence electrons. The average Bonchev–Trinajstić information content (AvgIpc) is 3.16. The third-order valence-corrected chi connectivity index (χ3v) is 6.76. The second-order valence-electron chi connectivity index (χ2n) is 7.96. The first kappa shape index (κ1) is 17.3. The number of aromatic nitrogens is 3. The van der Waals surface area contributed by atoms with E-state index in [1.165, 1.54) is 11.3 Å². The predicted molar refractivity (Wildman–Crippen MR) is 98.8 cm³/mol. The highest BCUT2D eigenvalue weighted by Crippen LogP contribution is 2.63. The van der Waals surface area contributed by atoms with Crippen LogP contribution in [0.15, 0.2) is 23.3 Å². The Labute approximate surface area is 156 Å². The van der Waals surface area contributed by atoms with E-state index in [1.54, 1.807) is 18.2 Å². The Kier molecular flexibility index (Phi) is 3.95. The molecular formula is C18H22ClN5O2. The lowest BCUT2D eigenvalue weighted by Gasteiger charge is -2.34. The van der Waals surface area contributed by atoms with Gasteiger partial charge in [0.25, 0.3) is 5.91 Å². The summed E-state index contributed by atoms with van der Waals surface area (Å²) in [6.07, 6.45) is 3.32. The molecule has 2 atom stereocenters. The van der Waals surface area contributed by atoms with Crippen molar-refractivity contribution in [3.05, 3.63) is 23.2 Å². The van der Waals surface area contributed by atoms with Gasteiger partial charge in [-0.3, -0.25) is 4.79 Å². The molecule has 2 saturated carbocycles. The molecule has 2 aliphatic rings. The molecule has 2 aliphatic carbocycles. The molecule has 1 heterocycles. The monoisotopic (exact) mass is 375 g/mol. The van der Waals surface area contributed by atoms with Crippen LogP contribution >= 0.6 is 11.6 Å². The zero-order valence-corrected chi connectivity index (χ0v) is 15.9. The van der Waals surface area contributed by atoms with Crippen molar-refractivity contribution >= 4 is 34.3 Å². The Morgan fingerprint density at radius 3 is 2.96 bits per heavy atom. The fourth-order valence-corrected chi connectivity index (χ4v) is 4.51. The Bertz CT molecular complexity index is 906. The third-order valence-electron chi connectivity index (χ3n) is 6.52. The van der Waals surface area contributed by atoms with Crippen LogP contribution in [0.2, 0.25) is 5.02 Å². The summed E-state index contributed by atoms with van der Waals surface area (Å²) < 4.78 is 0. The summed E-state index contributed by atoms with van der Waals surface area (Å²) in [5.41, 5.74) is 5.26. The van der Waals surface area contributed by atoms with Crippen molar-refractivity contribution in [3.8, 4) is 0 Å². The lowest BCUT2D eigenvalue weighted by Crippen LogP contribution is -2.35. The van der Waals surface area contributed by atoms with Crippen LogP contribution in [0.25, 0.3) is 11.0 Å². The van der Waals surface area contributed by atoms with Crippen LogP contribution in [0.3, 0.4) is 0 Å². The SMILES string of the molecule is CC12CCC(CC1=NNC(=O)COn1nnc3ccc(Cl)cc31)C2(C)C. The minimum atomic E-state index is -0.327. The number of carbonyl (C=O) groups is 1. The van der Waals surface area contributed by atoms with E-state index in [9.17, 15) is 4.79 Å². The summed E-state index contributed by atoms with van der Waals surface area (Å²) in [6.45, 7) is 6.66. The molecule has 2 bridgehead atoms. The van der Waals surface area contributed by atoms with Gasteiger partial charge in [-0.05, 0) is 54.0 Å². The lowest BCUT2D eigenvalue weighted by molar-refractivity contribution is -0.126. The minimum Gasteiger partial charge on any atom is -0.385 e. The normalized spacial score (nSPS) is 28.0. The Morgan fingerprint density at radius 2 is 2.27 bits per heavy atom. The quantitative estimate of drug-likeness (QED) is 0.833. The molecule has 0 aliphatic heterocycles. The Morgan fingerprint density at radius 1 is 1.46 bits per heavy atom. The fraction of sp³-hybridized carbons (Fsp3) is 0.556. The largest absolute Gasteiger partial charge is 0.385 e. The number of benzene rings is 1. The summed E-state index contributed by atoms with van der Waals surface area (Å²) in [4.78, 5) is 18.8. The van der Waals surface area contributed by atoms with E-state index < -0.39 is 0 Å². The number of hydrogen-bond donors (Lipinski definition) is 1. The van der Waals surface area contributed by atoms with E-state index in [-0.39, 0.29) is 23.3 Å². The van der Waals surface area contributed by atoms with Crippen molar-refractivity contribution < 1.29 is 9.63 Å². The molecule has 4 rings (SSSR count). The molecule has 26 heavy (non-hydrogen) atoms. The summed E-state index contributed by atoms with van der Waals surface area (Å²) >= 11 is 5.98. The predicted octanol–water partition coefficient (Wildman–Crippen LogP) is 2.83. The zero-order chi connectivity index (χ0) is 18.5. The molecule has 2 fully saturated rings. The molecule has 1 N–H and O–H groups in total. The summed E-state index contributed by atoms with van der Waals surface area (Å²) in [5.74, 6) is 0.318. The number of nitrogens with one attached hydrogen (secondary N) is 1. The summed E-state index contributed by atoms with van der Waals surface area (Å²) in [5, 5.41) is 12.8. The molecular weight excluding hydrogens is 354 g/mol.